The van der Waals surface area contributed by atoms with Crippen molar-refractivity contribution in [1.29, 1.82) is 0 Å². The van der Waals surface area contributed by atoms with E-state index in [1.54, 1.807) is 6.20 Å². The number of anilines is 2. The van der Waals surface area contributed by atoms with Crippen LogP contribution in [0.3, 0.4) is 0 Å². The van der Waals surface area contributed by atoms with Crippen LogP contribution in [0, 0.1) is 0 Å². The van der Waals surface area contributed by atoms with Gasteiger partial charge in [0.25, 0.3) is 5.89 Å². The zero-order valence-corrected chi connectivity index (χ0v) is 14.5. The molecule has 7 heteroatoms. The highest BCUT2D eigenvalue weighted by molar-refractivity contribution is 9.10. The van der Waals surface area contributed by atoms with Gasteiger partial charge in [0.05, 0.1) is 0 Å². The molecular formula is C18H12BrN5O. The lowest BCUT2D eigenvalue weighted by molar-refractivity contribution is 0.432. The minimum absolute atomic E-state index is 0.358. The van der Waals surface area contributed by atoms with Crippen molar-refractivity contribution < 1.29 is 4.52 Å². The molecule has 2 aromatic heterocycles. The number of rotatable bonds is 4. The topological polar surface area (TPSA) is 76.7 Å². The Morgan fingerprint density at radius 3 is 2.72 bits per heavy atom. The number of nitrogens with zero attached hydrogens (tertiary/aromatic N) is 4. The SMILES string of the molecule is Brc1cccc(Nc2ncncc2-c2nc(-c3ccccc3)no2)c1. The molecule has 122 valence electrons. The van der Waals surface area contributed by atoms with Gasteiger partial charge in [-0.05, 0) is 18.2 Å². The lowest BCUT2D eigenvalue weighted by Gasteiger charge is -2.08. The lowest BCUT2D eigenvalue weighted by Crippen LogP contribution is -1.97. The van der Waals surface area contributed by atoms with Crippen LogP contribution in [0.25, 0.3) is 22.8 Å². The van der Waals surface area contributed by atoms with E-state index in [1.807, 2.05) is 54.6 Å². The van der Waals surface area contributed by atoms with Gasteiger partial charge in [0.15, 0.2) is 0 Å². The van der Waals surface area contributed by atoms with Gasteiger partial charge >= 0.3 is 0 Å². The minimum Gasteiger partial charge on any atom is -0.339 e. The first kappa shape index (κ1) is 15.5. The third-order valence-corrected chi connectivity index (χ3v) is 3.98. The Bertz CT molecular complexity index is 1000. The monoisotopic (exact) mass is 393 g/mol. The van der Waals surface area contributed by atoms with Crippen molar-refractivity contribution in [2.75, 3.05) is 5.32 Å². The van der Waals surface area contributed by atoms with Crippen LogP contribution in [0.2, 0.25) is 0 Å². The highest BCUT2D eigenvalue weighted by atomic mass is 79.9. The molecule has 0 atom stereocenters. The van der Waals surface area contributed by atoms with Gasteiger partial charge in [0, 0.05) is 21.9 Å². The van der Waals surface area contributed by atoms with Gasteiger partial charge in [-0.3, -0.25) is 0 Å². The molecule has 0 radical (unpaired) electrons. The number of benzene rings is 2. The van der Waals surface area contributed by atoms with E-state index in [1.165, 1.54) is 6.33 Å². The zero-order valence-electron chi connectivity index (χ0n) is 12.9. The van der Waals surface area contributed by atoms with Gasteiger partial charge in [0.2, 0.25) is 5.82 Å². The number of hydrogen-bond acceptors (Lipinski definition) is 6. The molecule has 6 nitrogen and oxygen atoms in total. The Hall–Kier alpha value is -3.06. The average Bonchev–Trinajstić information content (AvgIpc) is 3.13. The molecule has 0 spiro atoms. The van der Waals surface area contributed by atoms with E-state index < -0.39 is 0 Å². The van der Waals surface area contributed by atoms with Gasteiger partial charge in [-0.15, -0.1) is 0 Å². The first-order valence-electron chi connectivity index (χ1n) is 7.52. The number of hydrogen-bond donors (Lipinski definition) is 1. The molecule has 0 aliphatic carbocycles. The highest BCUT2D eigenvalue weighted by Crippen LogP contribution is 2.28. The Kier molecular flexibility index (Phi) is 4.22. The molecule has 1 N–H and O–H groups in total. The molecule has 25 heavy (non-hydrogen) atoms. The van der Waals surface area contributed by atoms with E-state index >= 15 is 0 Å². The maximum atomic E-state index is 5.42. The summed E-state index contributed by atoms with van der Waals surface area (Å²) in [5.41, 5.74) is 2.41. The largest absolute Gasteiger partial charge is 0.339 e. The molecule has 2 heterocycles. The summed E-state index contributed by atoms with van der Waals surface area (Å²) in [5.74, 6) is 1.47. The van der Waals surface area contributed by atoms with Crippen LogP contribution in [-0.4, -0.2) is 20.1 Å². The predicted molar refractivity (Wildman–Crippen MR) is 98.2 cm³/mol. The quantitative estimate of drug-likeness (QED) is 0.541. The van der Waals surface area contributed by atoms with Crippen LogP contribution in [0.4, 0.5) is 11.5 Å². The van der Waals surface area contributed by atoms with Gasteiger partial charge in [-0.2, -0.15) is 4.98 Å². The van der Waals surface area contributed by atoms with Crippen molar-refractivity contribution in [2.45, 2.75) is 0 Å². The summed E-state index contributed by atoms with van der Waals surface area (Å²) in [6, 6.07) is 17.4. The third kappa shape index (κ3) is 3.41. The zero-order chi connectivity index (χ0) is 17.1. The molecule has 0 saturated carbocycles. The molecule has 0 aliphatic heterocycles. The Balaban J connectivity index is 1.69. The van der Waals surface area contributed by atoms with Crippen LogP contribution >= 0.6 is 15.9 Å². The molecule has 0 unspecified atom stereocenters. The third-order valence-electron chi connectivity index (χ3n) is 3.49. The van der Waals surface area contributed by atoms with E-state index in [9.17, 15) is 0 Å². The lowest BCUT2D eigenvalue weighted by atomic mass is 10.2. The fourth-order valence-electron chi connectivity index (χ4n) is 2.33. The maximum Gasteiger partial charge on any atom is 0.263 e. The van der Waals surface area contributed by atoms with Gasteiger partial charge in [0.1, 0.15) is 17.7 Å². The van der Waals surface area contributed by atoms with Crippen LogP contribution in [0.15, 0.2) is 76.1 Å². The van der Waals surface area contributed by atoms with E-state index in [0.29, 0.717) is 23.1 Å². The van der Waals surface area contributed by atoms with E-state index in [4.69, 9.17) is 4.52 Å². The summed E-state index contributed by atoms with van der Waals surface area (Å²) >= 11 is 3.45. The second-order valence-electron chi connectivity index (χ2n) is 5.21. The molecule has 0 saturated heterocycles. The minimum atomic E-state index is 0.358. The van der Waals surface area contributed by atoms with Crippen molar-refractivity contribution in [3.05, 3.63) is 71.6 Å². The maximum absolute atomic E-state index is 5.42. The summed E-state index contributed by atoms with van der Waals surface area (Å²) in [7, 11) is 0. The van der Waals surface area contributed by atoms with E-state index in [-0.39, 0.29) is 0 Å². The summed E-state index contributed by atoms with van der Waals surface area (Å²) in [5, 5.41) is 7.30. The molecule has 2 aromatic carbocycles. The molecule has 0 bridgehead atoms. The van der Waals surface area contributed by atoms with Crippen LogP contribution in [0.5, 0.6) is 0 Å². The fourth-order valence-corrected chi connectivity index (χ4v) is 2.73. The summed E-state index contributed by atoms with van der Waals surface area (Å²) < 4.78 is 6.39. The summed E-state index contributed by atoms with van der Waals surface area (Å²) in [4.78, 5) is 12.8. The standard InChI is InChI=1S/C18H12BrN5O/c19-13-7-4-8-14(9-13)22-17-15(10-20-11-21-17)18-23-16(24-25-18)12-5-2-1-3-6-12/h1-11H,(H,20,21,22). The molecular weight excluding hydrogens is 382 g/mol. The predicted octanol–water partition coefficient (Wildman–Crippen LogP) is 4.70. The molecule has 0 amide bonds. The summed E-state index contributed by atoms with van der Waals surface area (Å²) in [6.45, 7) is 0. The van der Waals surface area contributed by atoms with Crippen molar-refractivity contribution in [3.8, 4) is 22.8 Å². The normalized spacial score (nSPS) is 10.6. The second kappa shape index (κ2) is 6.82. The average molecular weight is 394 g/mol. The Labute approximate surface area is 152 Å². The first-order chi connectivity index (χ1) is 12.3. The van der Waals surface area contributed by atoms with Gasteiger partial charge in [-0.1, -0.05) is 57.5 Å². The molecule has 0 fully saturated rings. The smallest absolute Gasteiger partial charge is 0.263 e. The van der Waals surface area contributed by atoms with E-state index in [2.05, 4.69) is 41.4 Å². The summed E-state index contributed by atoms with van der Waals surface area (Å²) in [6.07, 6.45) is 3.12. The van der Waals surface area contributed by atoms with Crippen molar-refractivity contribution in [1.82, 2.24) is 20.1 Å². The molecule has 4 aromatic rings. The fraction of sp³-hybridized carbons (Fsp3) is 0. The van der Waals surface area contributed by atoms with Crippen LogP contribution < -0.4 is 5.32 Å². The van der Waals surface area contributed by atoms with Crippen molar-refractivity contribution in [2.24, 2.45) is 0 Å². The van der Waals surface area contributed by atoms with Crippen LogP contribution in [0.1, 0.15) is 0 Å². The van der Waals surface area contributed by atoms with Crippen molar-refractivity contribution >= 4 is 27.4 Å². The molecule has 0 aliphatic rings. The first-order valence-corrected chi connectivity index (χ1v) is 8.31. The second-order valence-corrected chi connectivity index (χ2v) is 6.13. The molecule has 4 rings (SSSR count). The van der Waals surface area contributed by atoms with E-state index in [0.717, 1.165) is 15.7 Å². The number of aromatic nitrogens is 4. The van der Waals surface area contributed by atoms with Gasteiger partial charge in [-0.25, -0.2) is 9.97 Å². The van der Waals surface area contributed by atoms with Crippen molar-refractivity contribution in [3.63, 3.8) is 0 Å². The van der Waals surface area contributed by atoms with Gasteiger partial charge < -0.3 is 9.84 Å². The Morgan fingerprint density at radius 2 is 1.88 bits per heavy atom. The van der Waals surface area contributed by atoms with Crippen LogP contribution in [-0.2, 0) is 0 Å². The Morgan fingerprint density at radius 1 is 1.00 bits per heavy atom. The highest BCUT2D eigenvalue weighted by Gasteiger charge is 2.15. The number of halogens is 1. The number of nitrogens with one attached hydrogen (secondary N) is 1.